The lowest BCUT2D eigenvalue weighted by molar-refractivity contribution is -0.123. The van der Waals surface area contributed by atoms with Gasteiger partial charge in [-0.2, -0.15) is 0 Å². The molecule has 0 spiro atoms. The van der Waals surface area contributed by atoms with E-state index in [4.69, 9.17) is 4.42 Å². The van der Waals surface area contributed by atoms with E-state index < -0.39 is 0 Å². The van der Waals surface area contributed by atoms with Gasteiger partial charge in [-0.25, -0.2) is 0 Å². The molecule has 3 heterocycles. The molecule has 6 nitrogen and oxygen atoms in total. The van der Waals surface area contributed by atoms with Crippen LogP contribution in [-0.2, 0) is 4.79 Å². The lowest BCUT2D eigenvalue weighted by Gasteiger charge is -2.32. The number of hydrogen-bond acceptors (Lipinski definition) is 4. The number of fused-ring (bicyclic) bond motifs is 1. The predicted molar refractivity (Wildman–Crippen MR) is 98.9 cm³/mol. The first kappa shape index (κ1) is 17.1. The average Bonchev–Trinajstić information content (AvgIpc) is 3.35. The molecule has 2 saturated heterocycles. The summed E-state index contributed by atoms with van der Waals surface area (Å²) in [6.07, 6.45) is 3.95. The maximum Gasteiger partial charge on any atom is 0.289 e. The van der Waals surface area contributed by atoms with Crippen molar-refractivity contribution in [2.45, 2.75) is 31.7 Å². The second-order valence-electron chi connectivity index (χ2n) is 7.30. The molecule has 1 aromatic carbocycles. The molecule has 0 radical (unpaired) electrons. The number of nitrogens with one attached hydrogen (secondary N) is 2. The Morgan fingerprint density at radius 1 is 1.23 bits per heavy atom. The Hall–Kier alpha value is -2.34. The molecule has 4 rings (SSSR count). The van der Waals surface area contributed by atoms with E-state index in [1.165, 1.54) is 0 Å². The first-order chi connectivity index (χ1) is 12.7. The maximum atomic E-state index is 12.8. The van der Waals surface area contributed by atoms with Gasteiger partial charge in [0.2, 0.25) is 5.91 Å². The first-order valence-electron chi connectivity index (χ1n) is 9.49. The van der Waals surface area contributed by atoms with Crippen LogP contribution >= 0.6 is 0 Å². The molecule has 2 aliphatic heterocycles. The summed E-state index contributed by atoms with van der Waals surface area (Å²) >= 11 is 0. The van der Waals surface area contributed by atoms with Gasteiger partial charge < -0.3 is 20.0 Å². The summed E-state index contributed by atoms with van der Waals surface area (Å²) in [6.45, 7) is 2.95. The third kappa shape index (κ3) is 3.60. The number of para-hydroxylation sites is 1. The number of carbonyl (C=O) groups excluding carboxylic acids is 2. The van der Waals surface area contributed by atoms with E-state index in [0.717, 1.165) is 49.7 Å². The van der Waals surface area contributed by atoms with Crippen molar-refractivity contribution >= 4 is 22.8 Å². The fourth-order valence-electron chi connectivity index (χ4n) is 3.94. The zero-order valence-electron chi connectivity index (χ0n) is 14.9. The zero-order valence-corrected chi connectivity index (χ0v) is 14.9. The van der Waals surface area contributed by atoms with Crippen LogP contribution in [0.15, 0.2) is 34.7 Å². The van der Waals surface area contributed by atoms with Gasteiger partial charge in [-0.15, -0.1) is 0 Å². The van der Waals surface area contributed by atoms with Crippen LogP contribution in [0.2, 0.25) is 0 Å². The van der Waals surface area contributed by atoms with Crippen molar-refractivity contribution < 1.29 is 14.0 Å². The molecule has 0 saturated carbocycles. The summed E-state index contributed by atoms with van der Waals surface area (Å²) in [5.41, 5.74) is 0.737. The fraction of sp³-hybridized carbons (Fsp3) is 0.500. The second-order valence-corrected chi connectivity index (χ2v) is 7.30. The van der Waals surface area contributed by atoms with Gasteiger partial charge in [-0.1, -0.05) is 18.2 Å². The minimum absolute atomic E-state index is 0.0492. The Morgan fingerprint density at radius 3 is 2.92 bits per heavy atom. The Bertz CT molecular complexity index is 761. The highest BCUT2D eigenvalue weighted by molar-refractivity contribution is 5.96. The highest BCUT2D eigenvalue weighted by Crippen LogP contribution is 2.23. The van der Waals surface area contributed by atoms with Crippen LogP contribution < -0.4 is 10.6 Å². The topological polar surface area (TPSA) is 74.6 Å². The van der Waals surface area contributed by atoms with Gasteiger partial charge in [0.1, 0.15) is 5.58 Å². The molecule has 2 aliphatic rings. The minimum atomic E-state index is -0.0605. The van der Waals surface area contributed by atoms with E-state index in [9.17, 15) is 9.59 Å². The summed E-state index contributed by atoms with van der Waals surface area (Å²) in [7, 11) is 0. The average molecular weight is 355 g/mol. The Kier molecular flexibility index (Phi) is 4.93. The van der Waals surface area contributed by atoms with Gasteiger partial charge >= 0.3 is 0 Å². The molecule has 2 aromatic rings. The fourth-order valence-corrected chi connectivity index (χ4v) is 3.94. The molecule has 2 amide bonds. The van der Waals surface area contributed by atoms with Gasteiger partial charge in [-0.3, -0.25) is 9.59 Å². The van der Waals surface area contributed by atoms with Crippen LogP contribution in [0.4, 0.5) is 0 Å². The molecule has 2 unspecified atom stereocenters. The normalized spacial score (nSPS) is 23.3. The zero-order chi connectivity index (χ0) is 17.9. The van der Waals surface area contributed by atoms with Crippen molar-refractivity contribution in [3.63, 3.8) is 0 Å². The molecule has 6 heteroatoms. The summed E-state index contributed by atoms with van der Waals surface area (Å²) in [5, 5.41) is 7.21. The molecule has 0 aliphatic carbocycles. The standard InChI is InChI=1S/C20H25N3O3/c24-19(16-7-3-9-21-16)22-12-14-5-4-10-23(13-14)20(25)18-11-15-6-1-2-8-17(15)26-18/h1-2,6,8,11,14,16,21H,3-5,7,9-10,12-13H2,(H,22,24). The molecule has 26 heavy (non-hydrogen) atoms. The van der Waals surface area contributed by atoms with E-state index in [2.05, 4.69) is 10.6 Å². The third-order valence-electron chi connectivity index (χ3n) is 5.38. The highest BCUT2D eigenvalue weighted by Gasteiger charge is 2.28. The summed E-state index contributed by atoms with van der Waals surface area (Å²) < 4.78 is 5.71. The first-order valence-corrected chi connectivity index (χ1v) is 9.49. The van der Waals surface area contributed by atoms with Crippen molar-refractivity contribution in [1.29, 1.82) is 0 Å². The van der Waals surface area contributed by atoms with E-state index >= 15 is 0 Å². The molecular formula is C20H25N3O3. The molecular weight excluding hydrogens is 330 g/mol. The van der Waals surface area contributed by atoms with E-state index in [1.54, 1.807) is 0 Å². The van der Waals surface area contributed by atoms with Gasteiger partial charge in [-0.05, 0) is 50.3 Å². The van der Waals surface area contributed by atoms with Crippen molar-refractivity contribution in [2.24, 2.45) is 5.92 Å². The van der Waals surface area contributed by atoms with E-state index in [0.29, 0.717) is 24.8 Å². The Morgan fingerprint density at radius 2 is 2.12 bits per heavy atom. The van der Waals surface area contributed by atoms with E-state index in [1.807, 2.05) is 35.2 Å². The quantitative estimate of drug-likeness (QED) is 0.881. The van der Waals surface area contributed by atoms with Crippen molar-refractivity contribution in [3.8, 4) is 0 Å². The number of nitrogens with zero attached hydrogens (tertiary/aromatic N) is 1. The predicted octanol–water partition coefficient (Wildman–Crippen LogP) is 2.15. The number of likely N-dealkylation sites (tertiary alicyclic amines) is 1. The van der Waals surface area contributed by atoms with Gasteiger partial charge in [0.25, 0.3) is 5.91 Å². The van der Waals surface area contributed by atoms with Crippen molar-refractivity contribution in [1.82, 2.24) is 15.5 Å². The smallest absolute Gasteiger partial charge is 0.289 e. The SMILES string of the molecule is O=C(NCC1CCCN(C(=O)c2cc3ccccc3o2)C1)C1CCCN1. The summed E-state index contributed by atoms with van der Waals surface area (Å²) in [5.74, 6) is 0.714. The molecule has 2 N–H and O–H groups in total. The lowest BCUT2D eigenvalue weighted by atomic mass is 9.97. The number of amides is 2. The molecule has 1 aromatic heterocycles. The van der Waals surface area contributed by atoms with Crippen LogP contribution in [0.1, 0.15) is 36.2 Å². The number of furan rings is 1. The lowest BCUT2D eigenvalue weighted by Crippen LogP contribution is -2.46. The van der Waals surface area contributed by atoms with Crippen LogP contribution in [0.25, 0.3) is 11.0 Å². The van der Waals surface area contributed by atoms with Crippen LogP contribution in [0, 0.1) is 5.92 Å². The number of carbonyl (C=O) groups is 2. The Labute approximate surface area is 152 Å². The van der Waals surface area contributed by atoms with E-state index in [-0.39, 0.29) is 17.9 Å². The molecule has 2 fully saturated rings. The second kappa shape index (κ2) is 7.50. The summed E-state index contributed by atoms with van der Waals surface area (Å²) in [6, 6.07) is 9.42. The van der Waals surface area contributed by atoms with Crippen molar-refractivity contribution in [2.75, 3.05) is 26.2 Å². The van der Waals surface area contributed by atoms with Gasteiger partial charge in [0, 0.05) is 25.0 Å². The van der Waals surface area contributed by atoms with Gasteiger partial charge in [0.15, 0.2) is 5.76 Å². The van der Waals surface area contributed by atoms with Crippen molar-refractivity contribution in [3.05, 3.63) is 36.1 Å². The minimum Gasteiger partial charge on any atom is -0.451 e. The monoisotopic (exact) mass is 355 g/mol. The highest BCUT2D eigenvalue weighted by atomic mass is 16.3. The number of benzene rings is 1. The molecule has 0 bridgehead atoms. The van der Waals surface area contributed by atoms with Crippen LogP contribution in [0.5, 0.6) is 0 Å². The molecule has 2 atom stereocenters. The number of piperidine rings is 1. The third-order valence-corrected chi connectivity index (χ3v) is 5.38. The maximum absolute atomic E-state index is 12.8. The van der Waals surface area contributed by atoms with Crippen LogP contribution in [-0.4, -0.2) is 48.9 Å². The number of hydrogen-bond donors (Lipinski definition) is 2. The van der Waals surface area contributed by atoms with Gasteiger partial charge in [0.05, 0.1) is 6.04 Å². The summed E-state index contributed by atoms with van der Waals surface area (Å²) in [4.78, 5) is 26.8. The van der Waals surface area contributed by atoms with Crippen LogP contribution in [0.3, 0.4) is 0 Å². The molecule has 138 valence electrons. The largest absolute Gasteiger partial charge is 0.451 e. The number of rotatable bonds is 4. The Balaban J connectivity index is 1.35.